The fraction of sp³-hybridized carbons (Fsp3) is 0.348. The Kier molecular flexibility index (Phi) is 7.89. The molecule has 3 amide bonds. The number of halogens is 1. The van der Waals surface area contributed by atoms with Crippen LogP contribution in [-0.4, -0.2) is 48.9 Å². The van der Waals surface area contributed by atoms with Crippen LogP contribution in [0.25, 0.3) is 0 Å². The van der Waals surface area contributed by atoms with Crippen LogP contribution in [0.5, 0.6) is 5.75 Å². The summed E-state index contributed by atoms with van der Waals surface area (Å²) in [5.74, 6) is -0.587. The second kappa shape index (κ2) is 10.8. The molecule has 1 aliphatic rings. The summed E-state index contributed by atoms with van der Waals surface area (Å²) in [6.45, 7) is 3.43. The highest BCUT2D eigenvalue weighted by Crippen LogP contribution is 2.20. The first-order chi connectivity index (χ1) is 14.9. The highest BCUT2D eigenvalue weighted by Gasteiger charge is 2.24. The molecule has 2 aromatic rings. The van der Waals surface area contributed by atoms with E-state index in [1.54, 1.807) is 23.1 Å². The number of amides is 3. The summed E-state index contributed by atoms with van der Waals surface area (Å²) in [5.41, 5.74) is 1.33. The second-order valence-corrected chi connectivity index (χ2v) is 7.99. The number of hydrogen-bond acceptors (Lipinski definition) is 4. The van der Waals surface area contributed by atoms with E-state index in [1.807, 2.05) is 37.3 Å². The summed E-state index contributed by atoms with van der Waals surface area (Å²) in [6, 6.07) is 14.3. The third-order valence-corrected chi connectivity index (χ3v) is 5.51. The molecule has 0 aliphatic carbocycles. The largest absolute Gasteiger partial charge is 0.484 e. The number of ether oxygens (including phenoxy) is 1. The van der Waals surface area contributed by atoms with Crippen LogP contribution in [0.15, 0.2) is 48.5 Å². The first-order valence-electron chi connectivity index (χ1n) is 10.2. The number of nitrogens with zero attached hydrogens (tertiary/aromatic N) is 1. The molecule has 0 aromatic heterocycles. The van der Waals surface area contributed by atoms with E-state index in [0.717, 1.165) is 18.4 Å². The predicted octanol–water partition coefficient (Wildman–Crippen LogP) is 3.02. The van der Waals surface area contributed by atoms with Crippen LogP contribution in [0.4, 0.5) is 5.69 Å². The van der Waals surface area contributed by atoms with Crippen molar-refractivity contribution in [3.63, 3.8) is 0 Å². The fourth-order valence-electron chi connectivity index (χ4n) is 3.36. The van der Waals surface area contributed by atoms with Crippen LogP contribution in [-0.2, 0) is 14.4 Å². The Hall–Kier alpha value is -3.06. The van der Waals surface area contributed by atoms with Crippen molar-refractivity contribution in [1.29, 1.82) is 0 Å². The van der Waals surface area contributed by atoms with Gasteiger partial charge in [0.1, 0.15) is 5.75 Å². The molecular weight excluding hydrogens is 418 g/mol. The molecule has 3 rings (SSSR count). The molecule has 2 N–H and O–H groups in total. The Morgan fingerprint density at radius 2 is 1.77 bits per heavy atom. The maximum Gasteiger partial charge on any atom is 0.313 e. The zero-order chi connectivity index (χ0) is 22.2. The van der Waals surface area contributed by atoms with Gasteiger partial charge in [0.15, 0.2) is 6.61 Å². The molecule has 31 heavy (non-hydrogen) atoms. The Balaban J connectivity index is 1.37. The van der Waals surface area contributed by atoms with E-state index in [9.17, 15) is 14.4 Å². The minimum Gasteiger partial charge on any atom is -0.484 e. The Labute approximate surface area is 186 Å². The van der Waals surface area contributed by atoms with Crippen molar-refractivity contribution in [2.45, 2.75) is 19.8 Å². The molecule has 2 aromatic carbocycles. The van der Waals surface area contributed by atoms with Gasteiger partial charge in [-0.15, -0.1) is 0 Å². The van der Waals surface area contributed by atoms with Gasteiger partial charge >= 0.3 is 11.8 Å². The molecule has 1 aliphatic heterocycles. The number of rotatable bonds is 6. The Morgan fingerprint density at radius 3 is 2.48 bits per heavy atom. The molecule has 0 saturated carbocycles. The highest BCUT2D eigenvalue weighted by atomic mass is 35.5. The van der Waals surface area contributed by atoms with Crippen molar-refractivity contribution < 1.29 is 19.1 Å². The molecule has 164 valence electrons. The minimum absolute atomic E-state index is 0.00844. The van der Waals surface area contributed by atoms with E-state index in [1.165, 1.54) is 0 Å². The van der Waals surface area contributed by atoms with Gasteiger partial charge in [0, 0.05) is 30.3 Å². The smallest absolute Gasteiger partial charge is 0.313 e. The second-order valence-electron chi connectivity index (χ2n) is 7.55. The SMILES string of the molecule is Cc1ccc(Cl)cc1NC(=O)C(=O)NCC1CCN(C(=O)COc2ccccc2)CC1. The summed E-state index contributed by atoms with van der Waals surface area (Å²) < 4.78 is 5.52. The van der Waals surface area contributed by atoms with Gasteiger partial charge in [-0.25, -0.2) is 0 Å². The highest BCUT2D eigenvalue weighted by molar-refractivity contribution is 6.40. The van der Waals surface area contributed by atoms with Gasteiger partial charge in [0.25, 0.3) is 5.91 Å². The van der Waals surface area contributed by atoms with Crippen LogP contribution in [0.3, 0.4) is 0 Å². The van der Waals surface area contributed by atoms with E-state index in [-0.39, 0.29) is 18.4 Å². The van der Waals surface area contributed by atoms with Crippen molar-refractivity contribution in [3.8, 4) is 5.75 Å². The number of aryl methyl sites for hydroxylation is 1. The van der Waals surface area contributed by atoms with Crippen molar-refractivity contribution in [3.05, 3.63) is 59.1 Å². The van der Waals surface area contributed by atoms with Gasteiger partial charge in [-0.1, -0.05) is 35.9 Å². The number of para-hydroxylation sites is 1. The number of carbonyl (C=O) groups excluding carboxylic acids is 3. The maximum absolute atomic E-state index is 12.3. The normalized spacial score (nSPS) is 14.1. The van der Waals surface area contributed by atoms with E-state index < -0.39 is 11.8 Å². The fourth-order valence-corrected chi connectivity index (χ4v) is 3.54. The van der Waals surface area contributed by atoms with Crippen LogP contribution < -0.4 is 15.4 Å². The standard InChI is InChI=1S/C23H26ClN3O4/c1-16-7-8-18(24)13-20(16)26-23(30)22(29)25-14-17-9-11-27(12-10-17)21(28)15-31-19-5-3-2-4-6-19/h2-8,13,17H,9-12,14-15H2,1H3,(H,25,29)(H,26,30). The zero-order valence-electron chi connectivity index (χ0n) is 17.4. The minimum atomic E-state index is -0.726. The third-order valence-electron chi connectivity index (χ3n) is 5.28. The maximum atomic E-state index is 12.3. The molecule has 7 nitrogen and oxygen atoms in total. The number of carbonyl (C=O) groups is 3. The van der Waals surface area contributed by atoms with Gasteiger partial charge in [-0.05, 0) is 55.5 Å². The predicted molar refractivity (Wildman–Crippen MR) is 119 cm³/mol. The van der Waals surface area contributed by atoms with E-state index in [4.69, 9.17) is 16.3 Å². The molecule has 0 atom stereocenters. The van der Waals surface area contributed by atoms with Crippen LogP contribution >= 0.6 is 11.6 Å². The lowest BCUT2D eigenvalue weighted by Gasteiger charge is -2.32. The van der Waals surface area contributed by atoms with Crippen molar-refractivity contribution in [2.75, 3.05) is 31.6 Å². The summed E-state index contributed by atoms with van der Waals surface area (Å²) in [5, 5.41) is 5.75. The van der Waals surface area contributed by atoms with Crippen LogP contribution in [0.2, 0.25) is 5.02 Å². The van der Waals surface area contributed by atoms with Crippen molar-refractivity contribution >= 4 is 35.0 Å². The number of nitrogens with one attached hydrogen (secondary N) is 2. The lowest BCUT2D eigenvalue weighted by atomic mass is 9.96. The first kappa shape index (κ1) is 22.6. The van der Waals surface area contributed by atoms with Crippen molar-refractivity contribution in [2.24, 2.45) is 5.92 Å². The van der Waals surface area contributed by atoms with Gasteiger partial charge < -0.3 is 20.3 Å². The molecule has 1 saturated heterocycles. The molecule has 0 bridgehead atoms. The molecular formula is C23H26ClN3O4. The summed E-state index contributed by atoms with van der Waals surface area (Å²) in [4.78, 5) is 38.4. The van der Waals surface area contributed by atoms with Crippen LogP contribution in [0, 0.1) is 12.8 Å². The summed E-state index contributed by atoms with van der Waals surface area (Å²) in [7, 11) is 0. The average molecular weight is 444 g/mol. The topological polar surface area (TPSA) is 87.7 Å². The van der Waals surface area contributed by atoms with Crippen LogP contribution in [0.1, 0.15) is 18.4 Å². The first-order valence-corrected chi connectivity index (χ1v) is 10.6. The summed E-state index contributed by atoms with van der Waals surface area (Å²) >= 11 is 5.94. The lowest BCUT2D eigenvalue weighted by molar-refractivity contribution is -0.136. The van der Waals surface area contributed by atoms with E-state index >= 15 is 0 Å². The molecule has 0 unspecified atom stereocenters. The summed E-state index contributed by atoms with van der Waals surface area (Å²) in [6.07, 6.45) is 1.51. The molecule has 1 fully saturated rings. The third kappa shape index (κ3) is 6.72. The number of anilines is 1. The number of likely N-dealkylation sites (tertiary alicyclic amines) is 1. The van der Waals surface area contributed by atoms with Gasteiger partial charge in [-0.2, -0.15) is 0 Å². The average Bonchev–Trinajstić information content (AvgIpc) is 2.79. The zero-order valence-corrected chi connectivity index (χ0v) is 18.2. The van der Waals surface area contributed by atoms with Crippen molar-refractivity contribution in [1.82, 2.24) is 10.2 Å². The molecule has 8 heteroatoms. The molecule has 0 radical (unpaired) electrons. The number of piperidine rings is 1. The Bertz CT molecular complexity index is 928. The molecule has 1 heterocycles. The van der Waals surface area contributed by atoms with E-state index in [2.05, 4.69) is 10.6 Å². The number of benzene rings is 2. The molecule has 0 spiro atoms. The van der Waals surface area contributed by atoms with Gasteiger partial charge in [0.2, 0.25) is 0 Å². The van der Waals surface area contributed by atoms with Gasteiger partial charge in [-0.3, -0.25) is 14.4 Å². The van der Waals surface area contributed by atoms with E-state index in [0.29, 0.717) is 36.1 Å². The van der Waals surface area contributed by atoms with Gasteiger partial charge in [0.05, 0.1) is 0 Å². The lowest BCUT2D eigenvalue weighted by Crippen LogP contribution is -2.44. The monoisotopic (exact) mass is 443 g/mol. The quantitative estimate of drug-likeness (QED) is 0.672. The Morgan fingerprint density at radius 1 is 1.06 bits per heavy atom. The number of hydrogen-bond donors (Lipinski definition) is 2.